The van der Waals surface area contributed by atoms with Crippen LogP contribution in [0, 0.1) is 0 Å². The van der Waals surface area contributed by atoms with Gasteiger partial charge in [-0.25, -0.2) is 0 Å². The minimum atomic E-state index is -0.189. The molecular weight excluding hydrogens is 206 g/mol. The summed E-state index contributed by atoms with van der Waals surface area (Å²) in [5, 5.41) is 7.27. The molecule has 0 aliphatic rings. The monoisotopic (exact) mass is 225 g/mol. The van der Waals surface area contributed by atoms with Crippen LogP contribution in [0.4, 0.5) is 0 Å². The van der Waals surface area contributed by atoms with Crippen LogP contribution >= 0.6 is 0 Å². The van der Waals surface area contributed by atoms with E-state index in [-0.39, 0.29) is 12.0 Å². The molecule has 5 heteroatoms. The van der Waals surface area contributed by atoms with E-state index in [4.69, 9.17) is 4.74 Å². The lowest BCUT2D eigenvalue weighted by Crippen LogP contribution is -2.20. The molecule has 1 rings (SSSR count). The van der Waals surface area contributed by atoms with E-state index >= 15 is 0 Å². The molecule has 0 fully saturated rings. The molecule has 90 valence electrons. The second-order valence-corrected chi connectivity index (χ2v) is 3.48. The number of hydrogen-bond acceptors (Lipinski definition) is 4. The van der Waals surface area contributed by atoms with Crippen LogP contribution in [0.15, 0.2) is 12.4 Å². The Morgan fingerprint density at radius 1 is 1.62 bits per heavy atom. The Balaban J connectivity index is 2.63. The molecule has 0 saturated heterocycles. The largest absolute Gasteiger partial charge is 0.466 e. The first-order chi connectivity index (χ1) is 7.71. The van der Waals surface area contributed by atoms with Gasteiger partial charge in [0, 0.05) is 24.3 Å². The number of rotatable bonds is 6. The average molecular weight is 225 g/mol. The van der Waals surface area contributed by atoms with E-state index < -0.39 is 0 Å². The van der Waals surface area contributed by atoms with Crippen molar-refractivity contribution in [3.8, 4) is 0 Å². The maximum absolute atomic E-state index is 11.4. The standard InChI is InChI=1S/C11H19N3O2/c1-4-14-8-9(7-13-14)10(12-3)6-11(15)16-5-2/h7-8,10,12H,4-6H2,1-3H3. The summed E-state index contributed by atoms with van der Waals surface area (Å²) in [5.74, 6) is -0.189. The van der Waals surface area contributed by atoms with E-state index in [9.17, 15) is 4.79 Å². The molecule has 0 aromatic carbocycles. The number of hydrogen-bond donors (Lipinski definition) is 1. The van der Waals surface area contributed by atoms with Crippen molar-refractivity contribution >= 4 is 5.97 Å². The number of nitrogens with zero attached hydrogens (tertiary/aromatic N) is 2. The molecule has 0 aliphatic heterocycles. The highest BCUT2D eigenvalue weighted by Gasteiger charge is 2.16. The van der Waals surface area contributed by atoms with Crippen molar-refractivity contribution in [1.29, 1.82) is 0 Å². The van der Waals surface area contributed by atoms with Gasteiger partial charge in [0.15, 0.2) is 0 Å². The first kappa shape index (κ1) is 12.7. The zero-order chi connectivity index (χ0) is 12.0. The van der Waals surface area contributed by atoms with Crippen molar-refractivity contribution in [1.82, 2.24) is 15.1 Å². The normalized spacial score (nSPS) is 12.4. The molecule has 0 radical (unpaired) electrons. The zero-order valence-electron chi connectivity index (χ0n) is 10.1. The van der Waals surface area contributed by atoms with Crippen LogP contribution < -0.4 is 5.32 Å². The molecule has 0 aliphatic carbocycles. The van der Waals surface area contributed by atoms with Gasteiger partial charge in [0.05, 0.1) is 19.2 Å². The summed E-state index contributed by atoms with van der Waals surface area (Å²) in [6.07, 6.45) is 4.06. The predicted octanol–water partition coefficient (Wildman–Crippen LogP) is 1.12. The van der Waals surface area contributed by atoms with E-state index in [2.05, 4.69) is 10.4 Å². The second-order valence-electron chi connectivity index (χ2n) is 3.48. The lowest BCUT2D eigenvalue weighted by molar-refractivity contribution is -0.143. The van der Waals surface area contributed by atoms with Crippen LogP contribution in [0.2, 0.25) is 0 Å². The van der Waals surface area contributed by atoms with Crippen LogP contribution in [0.25, 0.3) is 0 Å². The molecule has 1 unspecified atom stereocenters. The molecule has 1 aromatic heterocycles. The van der Waals surface area contributed by atoms with Crippen LogP contribution in [0.5, 0.6) is 0 Å². The smallest absolute Gasteiger partial charge is 0.307 e. The van der Waals surface area contributed by atoms with Gasteiger partial charge < -0.3 is 10.1 Å². The van der Waals surface area contributed by atoms with Crippen LogP contribution in [0.3, 0.4) is 0 Å². The Kier molecular flexibility index (Phi) is 4.98. The average Bonchev–Trinajstić information content (AvgIpc) is 2.74. The number of ether oxygens (including phenoxy) is 1. The highest BCUT2D eigenvalue weighted by atomic mass is 16.5. The van der Waals surface area contributed by atoms with E-state index in [0.717, 1.165) is 12.1 Å². The number of aryl methyl sites for hydroxylation is 1. The summed E-state index contributed by atoms with van der Waals surface area (Å²) in [6, 6.07) is -0.0284. The van der Waals surface area contributed by atoms with Gasteiger partial charge in [0.1, 0.15) is 0 Å². The summed E-state index contributed by atoms with van der Waals surface area (Å²) in [5.41, 5.74) is 1.01. The SMILES string of the molecule is CCOC(=O)CC(NC)c1cnn(CC)c1. The Hall–Kier alpha value is -1.36. The van der Waals surface area contributed by atoms with E-state index in [0.29, 0.717) is 13.0 Å². The molecule has 16 heavy (non-hydrogen) atoms. The summed E-state index contributed by atoms with van der Waals surface area (Å²) >= 11 is 0. The first-order valence-electron chi connectivity index (χ1n) is 5.56. The molecule has 1 N–H and O–H groups in total. The zero-order valence-corrected chi connectivity index (χ0v) is 10.1. The third kappa shape index (κ3) is 3.34. The van der Waals surface area contributed by atoms with Crippen LogP contribution in [-0.2, 0) is 16.1 Å². The van der Waals surface area contributed by atoms with E-state index in [1.165, 1.54) is 0 Å². The summed E-state index contributed by atoms with van der Waals surface area (Å²) in [6.45, 7) is 5.08. The predicted molar refractivity (Wildman–Crippen MR) is 61.0 cm³/mol. The molecule has 0 amide bonds. The number of aromatic nitrogens is 2. The van der Waals surface area contributed by atoms with Crippen molar-refractivity contribution in [3.05, 3.63) is 18.0 Å². The lowest BCUT2D eigenvalue weighted by atomic mass is 10.1. The van der Waals surface area contributed by atoms with Crippen molar-refractivity contribution in [2.45, 2.75) is 32.9 Å². The number of nitrogens with one attached hydrogen (secondary N) is 1. The highest BCUT2D eigenvalue weighted by molar-refractivity contribution is 5.70. The van der Waals surface area contributed by atoms with Crippen molar-refractivity contribution in [2.24, 2.45) is 0 Å². The molecular formula is C11H19N3O2. The highest BCUT2D eigenvalue weighted by Crippen LogP contribution is 2.16. The number of esters is 1. The minimum Gasteiger partial charge on any atom is -0.466 e. The summed E-state index contributed by atoms with van der Waals surface area (Å²) < 4.78 is 6.76. The van der Waals surface area contributed by atoms with Gasteiger partial charge >= 0.3 is 5.97 Å². The summed E-state index contributed by atoms with van der Waals surface area (Å²) in [4.78, 5) is 11.4. The third-order valence-electron chi connectivity index (χ3n) is 2.40. The Labute approximate surface area is 95.8 Å². The van der Waals surface area contributed by atoms with Crippen molar-refractivity contribution in [3.63, 3.8) is 0 Å². The molecule has 1 atom stereocenters. The van der Waals surface area contributed by atoms with Crippen LogP contribution in [0.1, 0.15) is 31.9 Å². The fourth-order valence-electron chi connectivity index (χ4n) is 1.51. The second kappa shape index (κ2) is 6.27. The Morgan fingerprint density at radius 3 is 2.88 bits per heavy atom. The van der Waals surface area contributed by atoms with Gasteiger partial charge in [-0.3, -0.25) is 9.48 Å². The fraction of sp³-hybridized carbons (Fsp3) is 0.636. The minimum absolute atomic E-state index is 0.0284. The topological polar surface area (TPSA) is 56.1 Å². The fourth-order valence-corrected chi connectivity index (χ4v) is 1.51. The Morgan fingerprint density at radius 2 is 2.38 bits per heavy atom. The molecule has 0 bridgehead atoms. The lowest BCUT2D eigenvalue weighted by Gasteiger charge is -2.13. The van der Waals surface area contributed by atoms with Gasteiger partial charge in [-0.1, -0.05) is 0 Å². The van der Waals surface area contributed by atoms with E-state index in [1.807, 2.05) is 24.9 Å². The van der Waals surface area contributed by atoms with Gasteiger partial charge in [-0.2, -0.15) is 5.10 Å². The first-order valence-corrected chi connectivity index (χ1v) is 5.56. The quantitative estimate of drug-likeness (QED) is 0.737. The van der Waals surface area contributed by atoms with E-state index in [1.54, 1.807) is 13.1 Å². The maximum atomic E-state index is 11.4. The molecule has 1 heterocycles. The number of carbonyl (C=O) groups is 1. The van der Waals surface area contributed by atoms with Gasteiger partial charge in [-0.05, 0) is 20.9 Å². The van der Waals surface area contributed by atoms with Gasteiger partial charge in [0.25, 0.3) is 0 Å². The molecule has 0 saturated carbocycles. The van der Waals surface area contributed by atoms with Crippen LogP contribution in [-0.4, -0.2) is 29.4 Å². The Bertz CT molecular complexity index is 336. The maximum Gasteiger partial charge on any atom is 0.307 e. The molecule has 0 spiro atoms. The third-order valence-corrected chi connectivity index (χ3v) is 2.40. The van der Waals surface area contributed by atoms with Crippen molar-refractivity contribution < 1.29 is 9.53 Å². The van der Waals surface area contributed by atoms with Gasteiger partial charge in [-0.15, -0.1) is 0 Å². The number of carbonyl (C=O) groups excluding carboxylic acids is 1. The summed E-state index contributed by atoms with van der Waals surface area (Å²) in [7, 11) is 1.83. The molecule has 1 aromatic rings. The van der Waals surface area contributed by atoms with Crippen molar-refractivity contribution in [2.75, 3.05) is 13.7 Å². The molecule has 5 nitrogen and oxygen atoms in total. The van der Waals surface area contributed by atoms with Gasteiger partial charge in [0.2, 0.25) is 0 Å².